The third-order valence-electron chi connectivity index (χ3n) is 7.65. The van der Waals surface area contributed by atoms with E-state index in [2.05, 4.69) is 28.8 Å². The maximum absolute atomic E-state index is 13.9. The molecular weight excluding hydrogens is 635 g/mol. The Kier molecular flexibility index (Phi) is 12.4. The molecule has 7 nitrogen and oxygen atoms in total. The molecule has 3 aromatic carbocycles. The molecule has 0 spiro atoms. The molecule has 4 rings (SSSR count). The molecular formula is C34H37ClF3N5O2S. The number of hydrogen-bond donors (Lipinski definition) is 0. The maximum Gasteiger partial charge on any atom is 0.416 e. The van der Waals surface area contributed by atoms with E-state index in [1.165, 1.54) is 28.6 Å². The first-order valence-corrected chi connectivity index (χ1v) is 16.5. The molecule has 0 bridgehead atoms. The van der Waals surface area contributed by atoms with Crippen LogP contribution < -0.4 is 5.56 Å². The van der Waals surface area contributed by atoms with Crippen LogP contribution in [-0.2, 0) is 36.2 Å². The molecule has 0 aliphatic carbocycles. The average Bonchev–Trinajstić information content (AvgIpc) is 3.05. The van der Waals surface area contributed by atoms with Gasteiger partial charge in [-0.2, -0.15) is 23.3 Å². The van der Waals surface area contributed by atoms with Gasteiger partial charge in [-0.15, -0.1) is 0 Å². The highest BCUT2D eigenvalue weighted by atomic mass is 35.5. The Morgan fingerprint density at radius 3 is 2.13 bits per heavy atom. The zero-order chi connectivity index (χ0) is 33.3. The number of aryl methyl sites for hydroxylation is 1. The molecule has 0 saturated carbocycles. The van der Waals surface area contributed by atoms with Crippen LogP contribution in [0.2, 0.25) is 5.02 Å². The Balaban J connectivity index is 1.55. The molecule has 12 heteroatoms. The van der Waals surface area contributed by atoms with E-state index < -0.39 is 17.3 Å². The normalized spacial score (nSPS) is 11.7. The van der Waals surface area contributed by atoms with Crippen LogP contribution in [0.25, 0.3) is 11.1 Å². The van der Waals surface area contributed by atoms with Crippen LogP contribution in [0.15, 0.2) is 82.7 Å². The number of thioether (sulfide) groups is 1. The molecule has 0 saturated heterocycles. The first kappa shape index (κ1) is 35.2. The number of alkyl halides is 3. The van der Waals surface area contributed by atoms with E-state index in [-0.39, 0.29) is 18.1 Å². The van der Waals surface area contributed by atoms with E-state index in [1.807, 2.05) is 49.4 Å². The maximum atomic E-state index is 13.9. The molecule has 0 fully saturated rings. The Bertz CT molecular complexity index is 1660. The number of benzene rings is 3. The van der Waals surface area contributed by atoms with Crippen molar-refractivity contribution in [1.29, 1.82) is 0 Å². The van der Waals surface area contributed by atoms with E-state index in [9.17, 15) is 22.8 Å². The SMILES string of the molecule is CCc1nn(CC(=O)N(CCN(CC)CC)Cc2ccc(-c3ccc(C(F)(F)F)cc3)cc2)c(SCc2ccccc2Cl)nc1=O. The Hall–Kier alpha value is -3.67. The topological polar surface area (TPSA) is 71.3 Å². The van der Waals surface area contributed by atoms with E-state index in [4.69, 9.17) is 11.6 Å². The lowest BCUT2D eigenvalue weighted by atomic mass is 10.0. The number of aromatic nitrogens is 3. The fraction of sp³-hybridized carbons (Fsp3) is 0.353. The first-order valence-electron chi connectivity index (χ1n) is 15.1. The van der Waals surface area contributed by atoms with E-state index >= 15 is 0 Å². The largest absolute Gasteiger partial charge is 0.416 e. The van der Waals surface area contributed by atoms with Crippen LogP contribution in [0.4, 0.5) is 13.2 Å². The summed E-state index contributed by atoms with van der Waals surface area (Å²) in [6.45, 7) is 9.00. The summed E-state index contributed by atoms with van der Waals surface area (Å²) in [5.41, 5.74) is 2.36. The molecule has 46 heavy (non-hydrogen) atoms. The number of amides is 1. The Labute approximate surface area is 276 Å². The molecule has 244 valence electrons. The standard InChI is InChI=1S/C34H37ClF3N5O2S/c1-4-30-32(45)39-33(46-23-27-9-7-8-10-29(27)35)43(40-30)22-31(44)42(20-19-41(5-2)6-3)21-24-11-13-25(14-12-24)26-15-17-28(18-16-26)34(36,37)38/h7-18H,4-6,19-23H2,1-3H3. The fourth-order valence-electron chi connectivity index (χ4n) is 4.83. The summed E-state index contributed by atoms with van der Waals surface area (Å²) in [6, 6.07) is 19.9. The number of carbonyl (C=O) groups excluding carboxylic acids is 1. The summed E-state index contributed by atoms with van der Waals surface area (Å²) in [5.74, 6) is 0.267. The number of nitrogens with zero attached hydrogens (tertiary/aromatic N) is 5. The van der Waals surface area contributed by atoms with Gasteiger partial charge in [-0.3, -0.25) is 9.59 Å². The summed E-state index contributed by atoms with van der Waals surface area (Å²) >= 11 is 7.64. The number of halogens is 4. The highest BCUT2D eigenvalue weighted by Crippen LogP contribution is 2.31. The summed E-state index contributed by atoms with van der Waals surface area (Å²) in [5, 5.41) is 5.44. The second-order valence-corrected chi connectivity index (χ2v) is 12.0. The lowest BCUT2D eigenvalue weighted by Gasteiger charge is -2.27. The molecule has 4 aromatic rings. The molecule has 1 aromatic heterocycles. The molecule has 1 heterocycles. The third-order valence-corrected chi connectivity index (χ3v) is 9.03. The number of hydrogen-bond acceptors (Lipinski definition) is 6. The van der Waals surface area contributed by atoms with Crippen LogP contribution in [0, 0.1) is 0 Å². The summed E-state index contributed by atoms with van der Waals surface area (Å²) in [6.07, 6.45) is -4.01. The second-order valence-electron chi connectivity index (χ2n) is 10.7. The van der Waals surface area contributed by atoms with E-state index in [0.29, 0.717) is 47.6 Å². The minimum absolute atomic E-state index is 0.104. The van der Waals surface area contributed by atoms with Gasteiger partial charge in [-0.1, -0.05) is 98.7 Å². The van der Waals surface area contributed by atoms with Crippen LogP contribution in [0.1, 0.15) is 43.2 Å². The van der Waals surface area contributed by atoms with Crippen molar-refractivity contribution in [1.82, 2.24) is 24.6 Å². The van der Waals surface area contributed by atoms with Gasteiger partial charge < -0.3 is 9.80 Å². The molecule has 1 amide bonds. The molecule has 0 unspecified atom stereocenters. The second kappa shape index (κ2) is 16.2. The van der Waals surface area contributed by atoms with Gasteiger partial charge >= 0.3 is 6.18 Å². The van der Waals surface area contributed by atoms with Crippen molar-refractivity contribution in [3.8, 4) is 11.1 Å². The zero-order valence-corrected chi connectivity index (χ0v) is 27.6. The monoisotopic (exact) mass is 671 g/mol. The van der Waals surface area contributed by atoms with E-state index in [0.717, 1.165) is 41.9 Å². The van der Waals surface area contributed by atoms with Crippen molar-refractivity contribution in [2.45, 2.75) is 57.4 Å². The van der Waals surface area contributed by atoms with Crippen molar-refractivity contribution in [3.63, 3.8) is 0 Å². The predicted molar refractivity (Wildman–Crippen MR) is 177 cm³/mol. The molecule has 0 N–H and O–H groups in total. The Morgan fingerprint density at radius 1 is 0.913 bits per heavy atom. The van der Waals surface area contributed by atoms with Gasteiger partial charge in [-0.25, -0.2) is 4.68 Å². The van der Waals surface area contributed by atoms with Gasteiger partial charge in [0.25, 0.3) is 5.56 Å². The summed E-state index contributed by atoms with van der Waals surface area (Å²) in [7, 11) is 0. The number of carbonyl (C=O) groups is 1. The van der Waals surface area contributed by atoms with Gasteiger partial charge in [-0.05, 0) is 60.0 Å². The molecule has 0 aliphatic heterocycles. The van der Waals surface area contributed by atoms with Gasteiger partial charge in [0, 0.05) is 30.4 Å². The predicted octanol–water partition coefficient (Wildman–Crippen LogP) is 7.20. The van der Waals surface area contributed by atoms with Crippen molar-refractivity contribution in [3.05, 3.63) is 111 Å². The average molecular weight is 672 g/mol. The van der Waals surface area contributed by atoms with E-state index in [1.54, 1.807) is 11.0 Å². The van der Waals surface area contributed by atoms with Crippen molar-refractivity contribution in [2.24, 2.45) is 0 Å². The highest BCUT2D eigenvalue weighted by molar-refractivity contribution is 7.98. The third kappa shape index (κ3) is 9.43. The van der Waals surface area contributed by atoms with Crippen LogP contribution in [0.3, 0.4) is 0 Å². The van der Waals surface area contributed by atoms with Crippen LogP contribution in [-0.4, -0.2) is 56.7 Å². The minimum atomic E-state index is -4.39. The van der Waals surface area contributed by atoms with Crippen LogP contribution in [0.5, 0.6) is 0 Å². The number of rotatable bonds is 14. The minimum Gasteiger partial charge on any atom is -0.335 e. The lowest BCUT2D eigenvalue weighted by molar-refractivity contribution is -0.137. The highest BCUT2D eigenvalue weighted by Gasteiger charge is 2.30. The lowest BCUT2D eigenvalue weighted by Crippen LogP contribution is -2.40. The fourth-order valence-corrected chi connectivity index (χ4v) is 6.05. The zero-order valence-electron chi connectivity index (χ0n) is 26.1. The Morgan fingerprint density at radius 2 is 1.54 bits per heavy atom. The first-order chi connectivity index (χ1) is 22.0. The molecule has 0 radical (unpaired) electrons. The van der Waals surface area contributed by atoms with Crippen LogP contribution >= 0.6 is 23.4 Å². The van der Waals surface area contributed by atoms with Crippen molar-refractivity contribution < 1.29 is 18.0 Å². The van der Waals surface area contributed by atoms with Gasteiger partial charge in [0.15, 0.2) is 5.16 Å². The smallest absolute Gasteiger partial charge is 0.335 e. The van der Waals surface area contributed by atoms with Gasteiger partial charge in [0.2, 0.25) is 5.91 Å². The van der Waals surface area contributed by atoms with Crippen molar-refractivity contribution >= 4 is 29.3 Å². The van der Waals surface area contributed by atoms with Gasteiger partial charge in [0.05, 0.1) is 5.56 Å². The summed E-state index contributed by atoms with van der Waals surface area (Å²) in [4.78, 5) is 34.8. The number of likely N-dealkylation sites (N-methyl/N-ethyl adjacent to an activating group) is 1. The van der Waals surface area contributed by atoms with Crippen molar-refractivity contribution in [2.75, 3.05) is 26.2 Å². The van der Waals surface area contributed by atoms with Gasteiger partial charge in [0.1, 0.15) is 12.2 Å². The molecule has 0 aliphatic rings. The quantitative estimate of drug-likeness (QED) is 0.132. The summed E-state index contributed by atoms with van der Waals surface area (Å²) < 4.78 is 40.5. The molecule has 0 atom stereocenters.